The predicted octanol–water partition coefficient (Wildman–Crippen LogP) is 22.9. The van der Waals surface area contributed by atoms with Gasteiger partial charge in [0, 0.05) is 19.3 Å². The monoisotopic (exact) mass is 1060 g/mol. The zero-order valence-electron chi connectivity index (χ0n) is 51.0. The molecule has 0 amide bonds. The molecule has 0 heterocycles. The first-order valence-corrected chi connectivity index (χ1v) is 33.6. The van der Waals surface area contributed by atoms with Crippen LogP contribution in [0.4, 0.5) is 0 Å². The van der Waals surface area contributed by atoms with Crippen LogP contribution >= 0.6 is 0 Å². The van der Waals surface area contributed by atoms with Gasteiger partial charge < -0.3 is 14.2 Å². The molecule has 0 N–H and O–H groups in total. The summed E-state index contributed by atoms with van der Waals surface area (Å²) in [5.74, 6) is -0.909. The van der Waals surface area contributed by atoms with Gasteiger partial charge in [0.25, 0.3) is 0 Å². The summed E-state index contributed by atoms with van der Waals surface area (Å²) in [4.78, 5) is 38.2. The lowest BCUT2D eigenvalue weighted by Gasteiger charge is -2.18. The smallest absolute Gasteiger partial charge is 0.306 e. The van der Waals surface area contributed by atoms with E-state index in [-0.39, 0.29) is 37.5 Å². The number of hydrogen-bond donors (Lipinski definition) is 0. The summed E-state index contributed by atoms with van der Waals surface area (Å²) >= 11 is 0. The van der Waals surface area contributed by atoms with E-state index in [1.54, 1.807) is 0 Å². The van der Waals surface area contributed by atoms with Gasteiger partial charge in [0.2, 0.25) is 0 Å². The first kappa shape index (κ1) is 73.4. The lowest BCUT2D eigenvalue weighted by Crippen LogP contribution is -2.30. The van der Waals surface area contributed by atoms with Crippen LogP contribution in [-0.4, -0.2) is 37.2 Å². The molecule has 0 saturated heterocycles. The second-order valence-electron chi connectivity index (χ2n) is 22.7. The summed E-state index contributed by atoms with van der Waals surface area (Å²) in [7, 11) is 0. The fraction of sp³-hybridized carbons (Fsp3) is 0.843. The maximum absolute atomic E-state index is 12.8. The van der Waals surface area contributed by atoms with Crippen molar-refractivity contribution in [2.75, 3.05) is 13.2 Å². The van der Waals surface area contributed by atoms with Crippen LogP contribution in [0.25, 0.3) is 0 Å². The number of allylic oxidation sites excluding steroid dienone is 8. The number of carbonyl (C=O) groups is 3. The van der Waals surface area contributed by atoms with Crippen LogP contribution in [0.5, 0.6) is 0 Å². The minimum atomic E-state index is -0.791. The van der Waals surface area contributed by atoms with Gasteiger partial charge in [-0.2, -0.15) is 0 Å². The Hall–Kier alpha value is -2.63. The van der Waals surface area contributed by atoms with Crippen LogP contribution in [0.3, 0.4) is 0 Å². The van der Waals surface area contributed by atoms with Crippen molar-refractivity contribution >= 4 is 17.9 Å². The molecule has 0 bridgehead atoms. The van der Waals surface area contributed by atoms with Crippen molar-refractivity contribution in [3.8, 4) is 0 Å². The second-order valence-corrected chi connectivity index (χ2v) is 22.7. The minimum Gasteiger partial charge on any atom is -0.462 e. The zero-order valence-corrected chi connectivity index (χ0v) is 51.0. The molecular weight excluding hydrogens is 937 g/mol. The van der Waals surface area contributed by atoms with E-state index < -0.39 is 6.10 Å². The molecule has 0 aromatic carbocycles. The van der Waals surface area contributed by atoms with E-state index in [4.69, 9.17) is 14.2 Å². The molecule has 6 nitrogen and oxygen atoms in total. The van der Waals surface area contributed by atoms with Gasteiger partial charge >= 0.3 is 17.9 Å². The second kappa shape index (κ2) is 64.9. The maximum Gasteiger partial charge on any atom is 0.306 e. The molecule has 0 radical (unpaired) electrons. The van der Waals surface area contributed by atoms with Crippen LogP contribution in [0, 0.1) is 0 Å². The van der Waals surface area contributed by atoms with Gasteiger partial charge in [-0.15, -0.1) is 0 Å². The SMILES string of the molecule is CC/C=C\C/C=C\C/C=C\C/C=C\CCCCC(=O)OC(COC(=O)CCCCCCCCCCCCC)COC(=O)CCCCCCCCCCCCCCCCCCCCCCCCCCCCCCCCCC. The standard InChI is InChI=1S/C70H128O6/c1-4-7-10-13-16-19-22-24-26-27-28-29-30-31-32-33-34-35-36-37-38-39-40-41-42-44-45-48-51-54-57-60-63-69(72)75-66-67(65-74-68(71)62-59-56-53-50-47-21-18-15-12-9-6-3)76-70(73)64-61-58-55-52-49-46-43-25-23-20-17-14-11-8-5-2/h8,11,17,20,25,43,49,52,67H,4-7,9-10,12-16,18-19,21-24,26-42,44-48,50-51,53-66H2,1-3H3/b11-8-,20-17-,43-25-,52-49-. The molecule has 0 fully saturated rings. The third kappa shape index (κ3) is 62.2. The van der Waals surface area contributed by atoms with Crippen molar-refractivity contribution in [3.05, 3.63) is 48.6 Å². The Morgan fingerprint density at radius 1 is 0.276 bits per heavy atom. The summed E-state index contributed by atoms with van der Waals surface area (Å²) in [6, 6.07) is 0. The van der Waals surface area contributed by atoms with E-state index in [2.05, 4.69) is 69.4 Å². The van der Waals surface area contributed by atoms with Crippen molar-refractivity contribution in [2.24, 2.45) is 0 Å². The first-order valence-electron chi connectivity index (χ1n) is 33.6. The van der Waals surface area contributed by atoms with Gasteiger partial charge in [0.05, 0.1) is 0 Å². The van der Waals surface area contributed by atoms with Gasteiger partial charge in [0.1, 0.15) is 13.2 Å². The Morgan fingerprint density at radius 2 is 0.513 bits per heavy atom. The summed E-state index contributed by atoms with van der Waals surface area (Å²) in [6.07, 6.45) is 81.7. The average Bonchev–Trinajstić information content (AvgIpc) is 3.42. The molecule has 0 aliphatic heterocycles. The van der Waals surface area contributed by atoms with Crippen LogP contribution in [0.2, 0.25) is 0 Å². The molecule has 0 aromatic rings. The van der Waals surface area contributed by atoms with Crippen molar-refractivity contribution < 1.29 is 28.6 Å². The molecule has 444 valence electrons. The quantitative estimate of drug-likeness (QED) is 0.0261. The lowest BCUT2D eigenvalue weighted by atomic mass is 10.0. The normalized spacial score (nSPS) is 12.3. The molecule has 6 heteroatoms. The van der Waals surface area contributed by atoms with Crippen LogP contribution in [0.1, 0.15) is 361 Å². The van der Waals surface area contributed by atoms with E-state index in [0.717, 1.165) is 77.0 Å². The van der Waals surface area contributed by atoms with E-state index in [9.17, 15) is 14.4 Å². The summed E-state index contributed by atoms with van der Waals surface area (Å²) in [6.45, 7) is 6.53. The maximum atomic E-state index is 12.8. The molecule has 1 unspecified atom stereocenters. The molecule has 0 saturated carbocycles. The highest BCUT2D eigenvalue weighted by atomic mass is 16.6. The molecule has 0 aliphatic rings. The Morgan fingerprint density at radius 3 is 0.803 bits per heavy atom. The fourth-order valence-corrected chi connectivity index (χ4v) is 10.1. The largest absolute Gasteiger partial charge is 0.462 e. The third-order valence-electron chi connectivity index (χ3n) is 15.1. The topological polar surface area (TPSA) is 78.9 Å². The Bertz CT molecular complexity index is 1310. The number of carbonyl (C=O) groups excluding carboxylic acids is 3. The molecule has 0 aliphatic carbocycles. The highest BCUT2D eigenvalue weighted by Gasteiger charge is 2.19. The van der Waals surface area contributed by atoms with Crippen LogP contribution in [0.15, 0.2) is 48.6 Å². The van der Waals surface area contributed by atoms with Crippen LogP contribution in [-0.2, 0) is 28.6 Å². The van der Waals surface area contributed by atoms with E-state index in [1.807, 2.05) is 0 Å². The van der Waals surface area contributed by atoms with Gasteiger partial charge in [-0.05, 0) is 57.8 Å². The van der Waals surface area contributed by atoms with E-state index in [1.165, 1.54) is 238 Å². The van der Waals surface area contributed by atoms with Gasteiger partial charge in [-0.1, -0.05) is 333 Å². The fourth-order valence-electron chi connectivity index (χ4n) is 10.1. The van der Waals surface area contributed by atoms with E-state index >= 15 is 0 Å². The lowest BCUT2D eigenvalue weighted by molar-refractivity contribution is -0.167. The highest BCUT2D eigenvalue weighted by molar-refractivity contribution is 5.71. The Labute approximate surface area is 473 Å². The number of esters is 3. The number of unbranched alkanes of at least 4 members (excludes halogenated alkanes) is 43. The Balaban J connectivity index is 4.08. The summed E-state index contributed by atoms with van der Waals surface area (Å²) in [5, 5.41) is 0. The van der Waals surface area contributed by atoms with Crippen molar-refractivity contribution in [3.63, 3.8) is 0 Å². The summed E-state index contributed by atoms with van der Waals surface area (Å²) < 4.78 is 16.9. The van der Waals surface area contributed by atoms with Gasteiger partial charge in [-0.25, -0.2) is 0 Å². The number of rotatable bonds is 62. The Kier molecular flexibility index (Phi) is 62.6. The predicted molar refractivity (Wildman–Crippen MR) is 330 cm³/mol. The van der Waals surface area contributed by atoms with Crippen molar-refractivity contribution in [1.29, 1.82) is 0 Å². The van der Waals surface area contributed by atoms with Crippen molar-refractivity contribution in [2.45, 2.75) is 367 Å². The molecular formula is C70H128O6. The highest BCUT2D eigenvalue weighted by Crippen LogP contribution is 2.18. The molecule has 1 atom stereocenters. The summed E-state index contributed by atoms with van der Waals surface area (Å²) in [5.41, 5.74) is 0. The number of hydrogen-bond acceptors (Lipinski definition) is 6. The van der Waals surface area contributed by atoms with Crippen LogP contribution < -0.4 is 0 Å². The zero-order chi connectivity index (χ0) is 55.0. The van der Waals surface area contributed by atoms with Crippen molar-refractivity contribution in [1.82, 2.24) is 0 Å². The third-order valence-corrected chi connectivity index (χ3v) is 15.1. The van der Waals surface area contributed by atoms with E-state index in [0.29, 0.717) is 19.3 Å². The first-order chi connectivity index (χ1) is 37.5. The van der Waals surface area contributed by atoms with Gasteiger partial charge in [-0.3, -0.25) is 14.4 Å². The molecule has 0 aromatic heterocycles. The van der Waals surface area contributed by atoms with Gasteiger partial charge in [0.15, 0.2) is 6.10 Å². The average molecular weight is 1070 g/mol. The molecule has 0 rings (SSSR count). The molecule has 0 spiro atoms. The minimum absolute atomic E-state index is 0.0854. The number of ether oxygens (including phenoxy) is 3. The molecule has 76 heavy (non-hydrogen) atoms.